The number of hydrogen-bond acceptors (Lipinski definition) is 2. The first kappa shape index (κ1) is 15.1. The quantitative estimate of drug-likeness (QED) is 0.746. The molecule has 0 N–H and O–H groups in total. The third kappa shape index (κ3) is 4.99. The summed E-state index contributed by atoms with van der Waals surface area (Å²) in [6.45, 7) is 5.81. The Kier molecular flexibility index (Phi) is 6.09. The Bertz CT molecular complexity index is 515. The second-order valence-electron chi connectivity index (χ2n) is 4.66. The van der Waals surface area contributed by atoms with E-state index in [4.69, 9.17) is 4.74 Å². The third-order valence-corrected chi connectivity index (χ3v) is 3.66. The number of rotatable bonds is 7. The number of hydrogen-bond donors (Lipinski definition) is 0. The van der Waals surface area contributed by atoms with Gasteiger partial charge in [0.15, 0.2) is 0 Å². The first-order chi connectivity index (χ1) is 9.78. The van der Waals surface area contributed by atoms with Crippen LogP contribution in [0, 0.1) is 0 Å². The van der Waals surface area contributed by atoms with Crippen molar-refractivity contribution < 1.29 is 4.74 Å². The average molecular weight is 334 g/mol. The van der Waals surface area contributed by atoms with E-state index in [1.54, 1.807) is 0 Å². The molecule has 0 aromatic heterocycles. The smallest absolute Gasteiger partial charge is 0.120 e. The summed E-state index contributed by atoms with van der Waals surface area (Å²) in [4.78, 5) is 2.38. The van der Waals surface area contributed by atoms with Crippen LogP contribution in [-0.2, 0) is 6.54 Å². The van der Waals surface area contributed by atoms with E-state index in [1.807, 2.05) is 24.3 Å². The van der Waals surface area contributed by atoms with Crippen LogP contribution in [-0.4, -0.2) is 24.6 Å². The molecule has 20 heavy (non-hydrogen) atoms. The lowest BCUT2D eigenvalue weighted by molar-refractivity contribution is 0.210. The second kappa shape index (κ2) is 8.08. The zero-order valence-corrected chi connectivity index (χ0v) is 13.3. The highest BCUT2D eigenvalue weighted by atomic mass is 79.9. The van der Waals surface area contributed by atoms with Gasteiger partial charge in [0.25, 0.3) is 0 Å². The lowest BCUT2D eigenvalue weighted by Gasteiger charge is -2.20. The number of benzene rings is 2. The summed E-state index contributed by atoms with van der Waals surface area (Å²) in [6, 6.07) is 18.5. The molecule has 0 radical (unpaired) electrons. The van der Waals surface area contributed by atoms with Gasteiger partial charge in [-0.05, 0) is 30.3 Å². The summed E-state index contributed by atoms with van der Waals surface area (Å²) >= 11 is 3.45. The minimum Gasteiger partial charge on any atom is -0.492 e. The molecular weight excluding hydrogens is 314 g/mol. The second-order valence-corrected chi connectivity index (χ2v) is 5.58. The van der Waals surface area contributed by atoms with Crippen molar-refractivity contribution in [2.24, 2.45) is 0 Å². The molecule has 3 heteroatoms. The van der Waals surface area contributed by atoms with Crippen molar-refractivity contribution in [2.75, 3.05) is 19.7 Å². The molecular formula is C17H20BrNO. The lowest BCUT2D eigenvalue weighted by Crippen LogP contribution is -2.27. The molecule has 2 nitrogen and oxygen atoms in total. The van der Waals surface area contributed by atoms with Crippen LogP contribution in [0.25, 0.3) is 0 Å². The van der Waals surface area contributed by atoms with Gasteiger partial charge in [-0.1, -0.05) is 59.3 Å². The zero-order chi connectivity index (χ0) is 14.2. The molecule has 2 aromatic carbocycles. The first-order valence-electron chi connectivity index (χ1n) is 6.92. The maximum Gasteiger partial charge on any atom is 0.120 e. The van der Waals surface area contributed by atoms with Gasteiger partial charge in [-0.15, -0.1) is 0 Å². The van der Waals surface area contributed by atoms with Crippen molar-refractivity contribution in [1.29, 1.82) is 0 Å². The molecule has 0 heterocycles. The van der Waals surface area contributed by atoms with E-state index in [2.05, 4.69) is 58.1 Å². The molecule has 2 rings (SSSR count). The van der Waals surface area contributed by atoms with Crippen molar-refractivity contribution in [1.82, 2.24) is 4.90 Å². The van der Waals surface area contributed by atoms with Crippen LogP contribution in [0.2, 0.25) is 0 Å². The Balaban J connectivity index is 1.79. The van der Waals surface area contributed by atoms with Crippen LogP contribution in [0.3, 0.4) is 0 Å². The van der Waals surface area contributed by atoms with E-state index < -0.39 is 0 Å². The van der Waals surface area contributed by atoms with Crippen LogP contribution in [0.4, 0.5) is 0 Å². The van der Waals surface area contributed by atoms with Crippen LogP contribution >= 0.6 is 15.9 Å². The maximum atomic E-state index is 5.79. The standard InChI is InChI=1S/C17H20BrNO/c1-2-19(14-15-7-4-3-5-8-15)11-12-20-17-10-6-9-16(18)13-17/h3-10,13H,2,11-12,14H2,1H3. The fourth-order valence-corrected chi connectivity index (χ4v) is 2.42. The monoisotopic (exact) mass is 333 g/mol. The predicted octanol–water partition coefficient (Wildman–Crippen LogP) is 4.35. The number of likely N-dealkylation sites (N-methyl/N-ethyl adjacent to an activating group) is 1. The van der Waals surface area contributed by atoms with Crippen LogP contribution in [0.15, 0.2) is 59.1 Å². The minimum atomic E-state index is 0.705. The van der Waals surface area contributed by atoms with E-state index in [-0.39, 0.29) is 0 Å². The summed E-state index contributed by atoms with van der Waals surface area (Å²) in [5, 5.41) is 0. The summed E-state index contributed by atoms with van der Waals surface area (Å²) in [7, 11) is 0. The van der Waals surface area contributed by atoms with Gasteiger partial charge in [0, 0.05) is 17.6 Å². The van der Waals surface area contributed by atoms with Crippen LogP contribution in [0.5, 0.6) is 5.75 Å². The number of nitrogens with zero attached hydrogens (tertiary/aromatic N) is 1. The molecule has 2 aromatic rings. The summed E-state index contributed by atoms with van der Waals surface area (Å²) in [6.07, 6.45) is 0. The third-order valence-electron chi connectivity index (χ3n) is 3.17. The van der Waals surface area contributed by atoms with E-state index in [0.29, 0.717) is 6.61 Å². The average Bonchev–Trinajstić information content (AvgIpc) is 2.47. The van der Waals surface area contributed by atoms with Gasteiger partial charge in [-0.3, -0.25) is 4.90 Å². The number of halogens is 1. The van der Waals surface area contributed by atoms with Gasteiger partial charge in [0.1, 0.15) is 12.4 Å². The molecule has 106 valence electrons. The van der Waals surface area contributed by atoms with Crippen molar-refractivity contribution in [2.45, 2.75) is 13.5 Å². The fourth-order valence-electron chi connectivity index (χ4n) is 2.04. The van der Waals surface area contributed by atoms with Crippen molar-refractivity contribution >= 4 is 15.9 Å². The molecule has 0 aliphatic heterocycles. The molecule has 0 unspecified atom stereocenters. The van der Waals surface area contributed by atoms with Crippen LogP contribution < -0.4 is 4.74 Å². The minimum absolute atomic E-state index is 0.705. The molecule has 0 amide bonds. The van der Waals surface area contributed by atoms with Crippen molar-refractivity contribution in [3.05, 3.63) is 64.6 Å². The van der Waals surface area contributed by atoms with Gasteiger partial charge in [0.2, 0.25) is 0 Å². The molecule has 0 aliphatic rings. The predicted molar refractivity (Wildman–Crippen MR) is 87.0 cm³/mol. The van der Waals surface area contributed by atoms with Crippen molar-refractivity contribution in [3.63, 3.8) is 0 Å². The molecule has 0 fully saturated rings. The van der Waals surface area contributed by atoms with E-state index in [0.717, 1.165) is 29.9 Å². The van der Waals surface area contributed by atoms with Gasteiger partial charge in [-0.25, -0.2) is 0 Å². The van der Waals surface area contributed by atoms with Crippen molar-refractivity contribution in [3.8, 4) is 5.75 Å². The Hall–Kier alpha value is -1.32. The molecule has 0 saturated carbocycles. The summed E-state index contributed by atoms with van der Waals surface area (Å²) in [5.74, 6) is 0.912. The Morgan fingerprint density at radius 3 is 2.55 bits per heavy atom. The van der Waals surface area contributed by atoms with E-state index in [1.165, 1.54) is 5.56 Å². The highest BCUT2D eigenvalue weighted by Crippen LogP contribution is 2.17. The Morgan fingerprint density at radius 1 is 1.05 bits per heavy atom. The molecule has 0 saturated heterocycles. The molecule has 0 bridgehead atoms. The van der Waals surface area contributed by atoms with Gasteiger partial charge < -0.3 is 4.74 Å². The molecule has 0 atom stereocenters. The normalized spacial score (nSPS) is 10.8. The van der Waals surface area contributed by atoms with E-state index >= 15 is 0 Å². The van der Waals surface area contributed by atoms with Crippen LogP contribution in [0.1, 0.15) is 12.5 Å². The van der Waals surface area contributed by atoms with Gasteiger partial charge >= 0.3 is 0 Å². The SMILES string of the molecule is CCN(CCOc1cccc(Br)c1)Cc1ccccc1. The highest BCUT2D eigenvalue weighted by Gasteiger charge is 2.04. The zero-order valence-electron chi connectivity index (χ0n) is 11.8. The summed E-state index contributed by atoms with van der Waals surface area (Å²) in [5.41, 5.74) is 1.34. The summed E-state index contributed by atoms with van der Waals surface area (Å²) < 4.78 is 6.83. The number of ether oxygens (including phenoxy) is 1. The topological polar surface area (TPSA) is 12.5 Å². The maximum absolute atomic E-state index is 5.79. The Labute approximate surface area is 129 Å². The highest BCUT2D eigenvalue weighted by molar-refractivity contribution is 9.10. The van der Waals surface area contributed by atoms with Gasteiger partial charge in [0.05, 0.1) is 0 Å². The Morgan fingerprint density at radius 2 is 1.85 bits per heavy atom. The largest absolute Gasteiger partial charge is 0.492 e. The van der Waals surface area contributed by atoms with Gasteiger partial charge in [-0.2, -0.15) is 0 Å². The lowest BCUT2D eigenvalue weighted by atomic mass is 10.2. The van der Waals surface area contributed by atoms with E-state index in [9.17, 15) is 0 Å². The first-order valence-corrected chi connectivity index (χ1v) is 7.72. The molecule has 0 aliphatic carbocycles. The fraction of sp³-hybridized carbons (Fsp3) is 0.294. The molecule has 0 spiro atoms.